The van der Waals surface area contributed by atoms with Gasteiger partial charge in [-0.3, -0.25) is 9.89 Å². The maximum Gasteiger partial charge on any atom is 0.188 e. The number of rotatable bonds is 5. The van der Waals surface area contributed by atoms with E-state index in [0.29, 0.717) is 18.5 Å². The van der Waals surface area contributed by atoms with Crippen LogP contribution >= 0.6 is 24.0 Å². The summed E-state index contributed by atoms with van der Waals surface area (Å²) in [6.07, 6.45) is 4.22. The molecular weight excluding hydrogens is 367 g/mol. The number of aliphatic imine (C=N–C) groups is 1. The van der Waals surface area contributed by atoms with Gasteiger partial charge in [-0.1, -0.05) is 0 Å². The maximum absolute atomic E-state index is 5.86. The molecule has 1 atom stereocenters. The van der Waals surface area contributed by atoms with Gasteiger partial charge in [-0.15, -0.1) is 24.0 Å². The van der Waals surface area contributed by atoms with Crippen molar-refractivity contribution < 1.29 is 4.42 Å². The molecule has 1 aromatic rings. The fourth-order valence-corrected chi connectivity index (χ4v) is 2.45. The second-order valence-corrected chi connectivity index (χ2v) is 5.30. The zero-order valence-corrected chi connectivity index (χ0v) is 14.5. The van der Waals surface area contributed by atoms with Crippen LogP contribution in [0.1, 0.15) is 38.5 Å². The number of likely N-dealkylation sites (tertiary alicyclic amines) is 1. The van der Waals surface area contributed by atoms with Gasteiger partial charge in [0.1, 0.15) is 5.76 Å². The van der Waals surface area contributed by atoms with E-state index in [1.165, 1.54) is 12.8 Å². The number of halogens is 1. The van der Waals surface area contributed by atoms with Gasteiger partial charge in [-0.25, -0.2) is 0 Å². The molecular formula is C14H25IN4O. The molecule has 1 fully saturated rings. The number of guanidine groups is 1. The van der Waals surface area contributed by atoms with Crippen molar-refractivity contribution in [2.75, 3.05) is 19.6 Å². The van der Waals surface area contributed by atoms with Gasteiger partial charge in [0, 0.05) is 6.04 Å². The fraction of sp³-hybridized carbons (Fsp3) is 0.643. The molecule has 0 radical (unpaired) electrons. The molecule has 0 saturated carbocycles. The second-order valence-electron chi connectivity index (χ2n) is 5.30. The lowest BCUT2D eigenvalue weighted by Crippen LogP contribution is -2.37. The first-order chi connectivity index (χ1) is 9.16. The van der Waals surface area contributed by atoms with Crippen molar-refractivity contribution in [3.8, 4) is 0 Å². The van der Waals surface area contributed by atoms with Gasteiger partial charge >= 0.3 is 0 Å². The largest absolute Gasteiger partial charge is 0.468 e. The number of nitrogens with one attached hydrogen (secondary N) is 1. The molecule has 2 heterocycles. The second kappa shape index (κ2) is 8.51. The predicted octanol–water partition coefficient (Wildman–Crippen LogP) is 2.35. The highest BCUT2D eigenvalue weighted by atomic mass is 127. The number of hydrogen-bond acceptors (Lipinski definition) is 3. The first-order valence-electron chi connectivity index (χ1n) is 7.00. The fourth-order valence-electron chi connectivity index (χ4n) is 2.45. The Kier molecular flexibility index (Phi) is 7.36. The van der Waals surface area contributed by atoms with Crippen LogP contribution in [0.3, 0.4) is 0 Å². The third kappa shape index (κ3) is 4.97. The molecule has 2 rings (SSSR count). The summed E-state index contributed by atoms with van der Waals surface area (Å²) in [5.41, 5.74) is 5.86. The van der Waals surface area contributed by atoms with Gasteiger partial charge in [0.15, 0.2) is 5.96 Å². The summed E-state index contributed by atoms with van der Waals surface area (Å²) in [5.74, 6) is 1.48. The molecule has 0 amide bonds. The number of furan rings is 1. The molecule has 1 saturated heterocycles. The highest BCUT2D eigenvalue weighted by molar-refractivity contribution is 14.0. The first kappa shape index (κ1) is 17.3. The molecule has 1 aromatic heterocycles. The van der Waals surface area contributed by atoms with Crippen LogP contribution in [-0.4, -0.2) is 36.5 Å². The first-order valence-corrected chi connectivity index (χ1v) is 7.00. The molecule has 0 spiro atoms. The SMILES string of the molecule is CC(C)NC(N)=NCC(c1ccco1)N1CCCC1.I. The third-order valence-corrected chi connectivity index (χ3v) is 3.32. The van der Waals surface area contributed by atoms with E-state index in [2.05, 4.69) is 15.2 Å². The predicted molar refractivity (Wildman–Crippen MR) is 92.4 cm³/mol. The van der Waals surface area contributed by atoms with Gasteiger partial charge in [-0.05, 0) is 51.9 Å². The maximum atomic E-state index is 5.86. The van der Waals surface area contributed by atoms with Crippen molar-refractivity contribution >= 4 is 29.9 Å². The minimum Gasteiger partial charge on any atom is -0.468 e. The van der Waals surface area contributed by atoms with Crippen LogP contribution in [0.4, 0.5) is 0 Å². The third-order valence-electron chi connectivity index (χ3n) is 3.32. The van der Waals surface area contributed by atoms with Crippen molar-refractivity contribution in [1.29, 1.82) is 0 Å². The molecule has 3 N–H and O–H groups in total. The average molecular weight is 392 g/mol. The Morgan fingerprint density at radius 3 is 2.70 bits per heavy atom. The Labute approximate surface area is 138 Å². The Hall–Kier alpha value is -0.760. The summed E-state index contributed by atoms with van der Waals surface area (Å²) in [6.45, 7) is 6.95. The Bertz CT molecular complexity index is 399. The Morgan fingerprint density at radius 2 is 2.15 bits per heavy atom. The van der Waals surface area contributed by atoms with Crippen LogP contribution in [-0.2, 0) is 0 Å². The molecule has 6 heteroatoms. The van der Waals surface area contributed by atoms with Crippen molar-refractivity contribution in [3.05, 3.63) is 24.2 Å². The minimum absolute atomic E-state index is 0. The van der Waals surface area contributed by atoms with E-state index in [0.717, 1.165) is 18.8 Å². The quantitative estimate of drug-likeness (QED) is 0.459. The molecule has 20 heavy (non-hydrogen) atoms. The van der Waals surface area contributed by atoms with Gasteiger partial charge in [0.05, 0.1) is 18.8 Å². The number of nitrogens with zero attached hydrogens (tertiary/aromatic N) is 2. The summed E-state index contributed by atoms with van der Waals surface area (Å²) >= 11 is 0. The molecule has 1 unspecified atom stereocenters. The highest BCUT2D eigenvalue weighted by Crippen LogP contribution is 2.25. The Balaban J connectivity index is 0.00000200. The van der Waals surface area contributed by atoms with E-state index in [1.54, 1.807) is 6.26 Å². The van der Waals surface area contributed by atoms with Crippen molar-refractivity contribution in [2.24, 2.45) is 10.7 Å². The summed E-state index contributed by atoms with van der Waals surface area (Å²) in [7, 11) is 0. The highest BCUT2D eigenvalue weighted by Gasteiger charge is 2.25. The normalized spacial score (nSPS) is 18.1. The zero-order valence-electron chi connectivity index (χ0n) is 12.2. The summed E-state index contributed by atoms with van der Waals surface area (Å²) in [6, 6.07) is 4.45. The summed E-state index contributed by atoms with van der Waals surface area (Å²) < 4.78 is 5.55. The van der Waals surface area contributed by atoms with Crippen LogP contribution in [0.5, 0.6) is 0 Å². The van der Waals surface area contributed by atoms with Crippen molar-refractivity contribution in [3.63, 3.8) is 0 Å². The van der Waals surface area contributed by atoms with E-state index >= 15 is 0 Å². The molecule has 114 valence electrons. The molecule has 0 aromatic carbocycles. The number of nitrogens with two attached hydrogens (primary N) is 1. The minimum atomic E-state index is 0. The van der Waals surface area contributed by atoms with Gasteiger partial charge < -0.3 is 15.5 Å². The van der Waals surface area contributed by atoms with E-state index in [1.807, 2.05) is 26.0 Å². The molecule has 0 bridgehead atoms. The van der Waals surface area contributed by atoms with Crippen LogP contribution in [0, 0.1) is 0 Å². The van der Waals surface area contributed by atoms with E-state index in [-0.39, 0.29) is 30.0 Å². The van der Waals surface area contributed by atoms with E-state index < -0.39 is 0 Å². The van der Waals surface area contributed by atoms with Gasteiger partial charge in [0.2, 0.25) is 0 Å². The van der Waals surface area contributed by atoms with Gasteiger partial charge in [0.25, 0.3) is 0 Å². The lowest BCUT2D eigenvalue weighted by atomic mass is 10.2. The Morgan fingerprint density at radius 1 is 1.45 bits per heavy atom. The van der Waals surface area contributed by atoms with Crippen LogP contribution < -0.4 is 11.1 Å². The van der Waals surface area contributed by atoms with Gasteiger partial charge in [-0.2, -0.15) is 0 Å². The topological polar surface area (TPSA) is 66.8 Å². The molecule has 1 aliphatic heterocycles. The monoisotopic (exact) mass is 392 g/mol. The van der Waals surface area contributed by atoms with Crippen LogP contribution in [0.15, 0.2) is 27.8 Å². The lowest BCUT2D eigenvalue weighted by Gasteiger charge is -2.24. The van der Waals surface area contributed by atoms with E-state index in [9.17, 15) is 0 Å². The average Bonchev–Trinajstić information content (AvgIpc) is 3.00. The summed E-state index contributed by atoms with van der Waals surface area (Å²) in [5, 5.41) is 3.11. The zero-order chi connectivity index (χ0) is 13.7. The number of hydrogen-bond donors (Lipinski definition) is 2. The van der Waals surface area contributed by atoms with E-state index in [4.69, 9.17) is 10.2 Å². The molecule has 0 aliphatic carbocycles. The summed E-state index contributed by atoms with van der Waals surface area (Å²) in [4.78, 5) is 6.87. The van der Waals surface area contributed by atoms with Crippen molar-refractivity contribution in [1.82, 2.24) is 10.2 Å². The molecule has 1 aliphatic rings. The standard InChI is InChI=1S/C14H24N4O.HI/c1-11(2)17-14(15)16-10-12(13-6-5-9-19-13)18-7-3-4-8-18;/h5-6,9,11-12H,3-4,7-8,10H2,1-2H3,(H3,15,16,17);1H. The van der Waals surface area contributed by atoms with Crippen LogP contribution in [0.2, 0.25) is 0 Å². The van der Waals surface area contributed by atoms with Crippen molar-refractivity contribution in [2.45, 2.75) is 38.8 Å². The van der Waals surface area contributed by atoms with Crippen LogP contribution in [0.25, 0.3) is 0 Å². The lowest BCUT2D eigenvalue weighted by molar-refractivity contribution is 0.221. The smallest absolute Gasteiger partial charge is 0.188 e. The molecule has 5 nitrogen and oxygen atoms in total.